The van der Waals surface area contributed by atoms with Gasteiger partial charge in [0.2, 0.25) is 0 Å². The van der Waals surface area contributed by atoms with Crippen LogP contribution in [-0.2, 0) is 12.8 Å². The summed E-state index contributed by atoms with van der Waals surface area (Å²) in [5.41, 5.74) is 5.75. The third-order valence-corrected chi connectivity index (χ3v) is 3.30. The lowest BCUT2D eigenvalue weighted by atomic mass is 10.1. The zero-order valence-electron chi connectivity index (χ0n) is 8.14. The summed E-state index contributed by atoms with van der Waals surface area (Å²) in [7, 11) is 0. The summed E-state index contributed by atoms with van der Waals surface area (Å²) < 4.78 is 0. The molecule has 0 saturated heterocycles. The van der Waals surface area contributed by atoms with Crippen molar-refractivity contribution in [3.05, 3.63) is 28.6 Å². The van der Waals surface area contributed by atoms with Gasteiger partial charge in [-0.1, -0.05) is 13.5 Å². The maximum atomic E-state index is 4.71. The highest BCUT2D eigenvalue weighted by atomic mass is 14.7. The Bertz CT molecular complexity index is 350. The van der Waals surface area contributed by atoms with Gasteiger partial charge in [0, 0.05) is 11.4 Å². The minimum absolute atomic E-state index is 0. The van der Waals surface area contributed by atoms with Crippen LogP contribution in [0.4, 0.5) is 0 Å². The lowest BCUT2D eigenvalue weighted by Gasteiger charge is -2.06. The minimum Gasteiger partial charge on any atom is -0.258 e. The molecular weight excluding hydrogens is 170 g/mol. The second kappa shape index (κ2) is 3.38. The fourth-order valence-electron chi connectivity index (χ4n) is 2.40. The van der Waals surface area contributed by atoms with Gasteiger partial charge in [-0.15, -0.1) is 0 Å². The van der Waals surface area contributed by atoms with E-state index in [2.05, 4.69) is 13.0 Å². The van der Waals surface area contributed by atoms with Crippen molar-refractivity contribution in [3.8, 4) is 0 Å². The maximum Gasteiger partial charge on any atom is 0.0439 e. The van der Waals surface area contributed by atoms with Crippen LogP contribution in [0, 0.1) is 6.92 Å². The van der Waals surface area contributed by atoms with E-state index in [1.807, 2.05) is 0 Å². The van der Waals surface area contributed by atoms with Crippen molar-refractivity contribution in [1.82, 2.24) is 4.98 Å². The Morgan fingerprint density at radius 3 is 2.79 bits per heavy atom. The molecule has 2 aliphatic rings. The molecule has 0 atom stereocenters. The summed E-state index contributed by atoms with van der Waals surface area (Å²) in [5, 5.41) is 0. The first-order valence-corrected chi connectivity index (χ1v) is 5.34. The smallest absolute Gasteiger partial charge is 0.0439 e. The first-order valence-electron chi connectivity index (χ1n) is 5.34. The van der Waals surface area contributed by atoms with E-state index in [-0.39, 0.29) is 7.43 Å². The fraction of sp³-hybridized carbons (Fsp3) is 0.615. The third kappa shape index (κ3) is 1.45. The van der Waals surface area contributed by atoms with E-state index in [4.69, 9.17) is 4.98 Å². The zero-order valence-corrected chi connectivity index (χ0v) is 8.14. The predicted molar refractivity (Wildman–Crippen MR) is 59.7 cm³/mol. The highest BCUT2D eigenvalue weighted by Gasteiger charge is 2.27. The summed E-state index contributed by atoms with van der Waals surface area (Å²) in [5.74, 6) is 0.860. The number of pyridine rings is 1. The molecule has 0 spiro atoms. The van der Waals surface area contributed by atoms with E-state index in [9.17, 15) is 0 Å². The Balaban J connectivity index is 0.000000750. The number of aromatic nitrogens is 1. The van der Waals surface area contributed by atoms with Crippen LogP contribution in [0.5, 0.6) is 0 Å². The predicted octanol–water partition coefficient (Wildman–Crippen LogP) is 3.39. The number of nitrogens with zero attached hydrogens (tertiary/aromatic N) is 1. The van der Waals surface area contributed by atoms with E-state index in [1.54, 1.807) is 5.56 Å². The molecule has 1 nitrogen and oxygen atoms in total. The Hall–Kier alpha value is -0.850. The molecule has 1 fully saturated rings. The van der Waals surface area contributed by atoms with Gasteiger partial charge in [0.15, 0.2) is 0 Å². The maximum absolute atomic E-state index is 4.71. The van der Waals surface area contributed by atoms with Gasteiger partial charge < -0.3 is 0 Å². The van der Waals surface area contributed by atoms with Crippen molar-refractivity contribution < 1.29 is 0 Å². The molecule has 1 heterocycles. The fourth-order valence-corrected chi connectivity index (χ4v) is 2.40. The van der Waals surface area contributed by atoms with E-state index >= 15 is 0 Å². The summed E-state index contributed by atoms with van der Waals surface area (Å²) in [6.45, 7) is 2.17. The highest BCUT2D eigenvalue weighted by Crippen LogP contribution is 2.42. The van der Waals surface area contributed by atoms with Crippen LogP contribution < -0.4 is 0 Å². The number of aryl methyl sites for hydroxylation is 3. The minimum atomic E-state index is 0. The molecule has 1 aromatic rings. The van der Waals surface area contributed by atoms with Gasteiger partial charge in [0.25, 0.3) is 0 Å². The van der Waals surface area contributed by atoms with E-state index < -0.39 is 0 Å². The Morgan fingerprint density at radius 1 is 1.29 bits per heavy atom. The van der Waals surface area contributed by atoms with Gasteiger partial charge in [-0.05, 0) is 56.1 Å². The monoisotopic (exact) mass is 189 g/mol. The Kier molecular flexibility index (Phi) is 2.34. The highest BCUT2D eigenvalue weighted by molar-refractivity contribution is 5.36. The van der Waals surface area contributed by atoms with E-state index in [1.165, 1.54) is 49.1 Å². The quantitative estimate of drug-likeness (QED) is 0.660. The SMILES string of the molecule is C.Cc1nc2c(cc1C1CC1)CCC2. The number of hydrogen-bond acceptors (Lipinski definition) is 1. The average Bonchev–Trinajstić information content (AvgIpc) is 2.85. The van der Waals surface area contributed by atoms with Gasteiger partial charge in [0.05, 0.1) is 0 Å². The molecule has 1 aromatic heterocycles. The van der Waals surface area contributed by atoms with E-state index in [0.29, 0.717) is 0 Å². The Morgan fingerprint density at radius 2 is 2.07 bits per heavy atom. The van der Waals surface area contributed by atoms with Gasteiger partial charge in [-0.3, -0.25) is 4.98 Å². The molecule has 0 N–H and O–H groups in total. The van der Waals surface area contributed by atoms with Crippen molar-refractivity contribution in [1.29, 1.82) is 0 Å². The van der Waals surface area contributed by atoms with E-state index in [0.717, 1.165) is 5.92 Å². The van der Waals surface area contributed by atoms with Crippen LogP contribution in [0.1, 0.15) is 55.1 Å². The standard InChI is InChI=1S/C12H15N.CH4/c1-8-11(9-5-6-9)7-10-3-2-4-12(10)13-8;/h7,9H,2-6H2,1H3;1H4. The van der Waals surface area contributed by atoms with Crippen LogP contribution in [0.3, 0.4) is 0 Å². The van der Waals surface area contributed by atoms with Crippen LogP contribution >= 0.6 is 0 Å². The van der Waals surface area contributed by atoms with Gasteiger partial charge in [0.1, 0.15) is 0 Å². The largest absolute Gasteiger partial charge is 0.258 e. The Labute approximate surface area is 86.6 Å². The van der Waals surface area contributed by atoms with Crippen molar-refractivity contribution in [3.63, 3.8) is 0 Å². The number of fused-ring (bicyclic) bond motifs is 1. The molecule has 0 unspecified atom stereocenters. The number of hydrogen-bond donors (Lipinski definition) is 0. The van der Waals surface area contributed by atoms with Crippen molar-refractivity contribution in [2.24, 2.45) is 0 Å². The molecule has 0 aliphatic heterocycles. The van der Waals surface area contributed by atoms with Crippen molar-refractivity contribution in [2.75, 3.05) is 0 Å². The van der Waals surface area contributed by atoms with Crippen molar-refractivity contribution >= 4 is 0 Å². The van der Waals surface area contributed by atoms with Crippen LogP contribution in [0.25, 0.3) is 0 Å². The average molecular weight is 189 g/mol. The molecule has 0 bridgehead atoms. The van der Waals surface area contributed by atoms with Gasteiger partial charge in [-0.25, -0.2) is 0 Å². The first kappa shape index (κ1) is 9.70. The number of rotatable bonds is 1. The molecule has 0 aromatic carbocycles. The lowest BCUT2D eigenvalue weighted by molar-refractivity contribution is 0.896. The molecule has 0 radical (unpaired) electrons. The van der Waals surface area contributed by atoms with Crippen molar-refractivity contribution in [2.45, 2.75) is 52.4 Å². The zero-order chi connectivity index (χ0) is 8.84. The summed E-state index contributed by atoms with van der Waals surface area (Å²) >= 11 is 0. The molecule has 1 heteroatoms. The summed E-state index contributed by atoms with van der Waals surface area (Å²) in [4.78, 5) is 4.71. The second-order valence-electron chi connectivity index (χ2n) is 4.40. The molecule has 1 saturated carbocycles. The molecule has 3 rings (SSSR count). The molecule has 14 heavy (non-hydrogen) atoms. The molecule has 76 valence electrons. The normalized spacial score (nSPS) is 18.9. The first-order chi connectivity index (χ1) is 6.34. The molecule has 2 aliphatic carbocycles. The van der Waals surface area contributed by atoms with Gasteiger partial charge >= 0.3 is 0 Å². The third-order valence-electron chi connectivity index (χ3n) is 3.30. The van der Waals surface area contributed by atoms with Crippen LogP contribution in [-0.4, -0.2) is 4.98 Å². The topological polar surface area (TPSA) is 12.9 Å². The summed E-state index contributed by atoms with van der Waals surface area (Å²) in [6, 6.07) is 2.43. The molecular formula is C13H19N. The van der Waals surface area contributed by atoms with Crippen LogP contribution in [0.15, 0.2) is 6.07 Å². The lowest BCUT2D eigenvalue weighted by Crippen LogP contribution is -1.96. The van der Waals surface area contributed by atoms with Gasteiger partial charge in [-0.2, -0.15) is 0 Å². The van der Waals surface area contributed by atoms with Crippen LogP contribution in [0.2, 0.25) is 0 Å². The summed E-state index contributed by atoms with van der Waals surface area (Å²) in [6.07, 6.45) is 6.57. The molecule has 0 amide bonds. The second-order valence-corrected chi connectivity index (χ2v) is 4.40.